The average Bonchev–Trinajstić information content (AvgIpc) is 3.32. The normalized spacial score (nSPS) is 17.1. The van der Waals surface area contributed by atoms with Gasteiger partial charge in [0, 0.05) is 43.2 Å². The van der Waals surface area contributed by atoms with Crippen LogP contribution >= 0.6 is 23.1 Å². The molecule has 3 aromatic rings. The standard InChI is InChI=1S/C17H18N4O2S2/c22-15(16-2-1-9-24-16)11-20-5-7-21(8-6-20)17(23)12-3-4-13-14(10-12)19-25-18-13/h1-4,9-10,15,22H,5-8,11H2/t15-/m0/s1. The molecule has 2 aromatic heterocycles. The Morgan fingerprint density at radius 3 is 2.72 bits per heavy atom. The molecule has 0 radical (unpaired) electrons. The van der Waals surface area contributed by atoms with Gasteiger partial charge in [-0.2, -0.15) is 8.75 Å². The van der Waals surface area contributed by atoms with E-state index in [2.05, 4.69) is 13.6 Å². The fourth-order valence-corrected chi connectivity index (χ4v) is 4.27. The number of hydrogen-bond donors (Lipinski definition) is 1. The first-order chi connectivity index (χ1) is 12.2. The van der Waals surface area contributed by atoms with Crippen molar-refractivity contribution in [3.8, 4) is 0 Å². The number of β-amino-alcohol motifs (C(OH)–C–C–N with tert-alkyl or cyclic N) is 1. The zero-order valence-corrected chi connectivity index (χ0v) is 15.2. The van der Waals surface area contributed by atoms with Gasteiger partial charge in [-0.3, -0.25) is 9.69 Å². The van der Waals surface area contributed by atoms with Crippen LogP contribution in [-0.2, 0) is 0 Å². The topological polar surface area (TPSA) is 69.6 Å². The minimum Gasteiger partial charge on any atom is -0.386 e. The number of thiophene rings is 1. The number of aromatic nitrogens is 2. The summed E-state index contributed by atoms with van der Waals surface area (Å²) in [6.45, 7) is 3.50. The number of aliphatic hydroxyl groups excluding tert-OH is 1. The molecule has 4 rings (SSSR count). The second-order valence-electron chi connectivity index (χ2n) is 6.09. The summed E-state index contributed by atoms with van der Waals surface area (Å²) in [5.41, 5.74) is 2.26. The summed E-state index contributed by atoms with van der Waals surface area (Å²) in [5.74, 6) is 0.0355. The number of nitrogens with zero attached hydrogens (tertiary/aromatic N) is 4. The first kappa shape index (κ1) is 16.6. The molecule has 3 heterocycles. The van der Waals surface area contributed by atoms with E-state index in [0.29, 0.717) is 25.2 Å². The Labute approximate surface area is 153 Å². The molecule has 1 N–H and O–H groups in total. The van der Waals surface area contributed by atoms with Crippen molar-refractivity contribution >= 4 is 40.0 Å². The number of carbonyl (C=O) groups excluding carboxylic acids is 1. The van der Waals surface area contributed by atoms with Gasteiger partial charge in [0.1, 0.15) is 17.1 Å². The number of aliphatic hydroxyl groups is 1. The Balaban J connectivity index is 1.35. The highest BCUT2D eigenvalue weighted by Gasteiger charge is 2.24. The summed E-state index contributed by atoms with van der Waals surface area (Å²) >= 11 is 2.73. The molecular weight excluding hydrogens is 356 g/mol. The van der Waals surface area contributed by atoms with E-state index in [1.807, 2.05) is 40.6 Å². The van der Waals surface area contributed by atoms with Crippen molar-refractivity contribution in [2.45, 2.75) is 6.10 Å². The van der Waals surface area contributed by atoms with Crippen LogP contribution in [0.4, 0.5) is 0 Å². The van der Waals surface area contributed by atoms with E-state index >= 15 is 0 Å². The zero-order chi connectivity index (χ0) is 17.2. The van der Waals surface area contributed by atoms with Crippen molar-refractivity contribution in [3.05, 3.63) is 46.2 Å². The van der Waals surface area contributed by atoms with Crippen LogP contribution < -0.4 is 0 Å². The van der Waals surface area contributed by atoms with Gasteiger partial charge in [-0.1, -0.05) is 6.07 Å². The minimum absolute atomic E-state index is 0.0355. The number of hydrogen-bond acceptors (Lipinski definition) is 7. The third kappa shape index (κ3) is 3.57. The number of benzene rings is 1. The fraction of sp³-hybridized carbons (Fsp3) is 0.353. The molecule has 130 valence electrons. The van der Waals surface area contributed by atoms with E-state index in [1.54, 1.807) is 11.3 Å². The van der Waals surface area contributed by atoms with E-state index in [0.717, 1.165) is 40.7 Å². The van der Waals surface area contributed by atoms with Gasteiger partial charge in [-0.05, 0) is 29.6 Å². The molecule has 8 heteroatoms. The van der Waals surface area contributed by atoms with Gasteiger partial charge < -0.3 is 10.0 Å². The summed E-state index contributed by atoms with van der Waals surface area (Å²) in [6, 6.07) is 9.39. The molecule has 6 nitrogen and oxygen atoms in total. The highest BCUT2D eigenvalue weighted by molar-refractivity contribution is 7.10. The molecule has 1 aliphatic rings. The Bertz CT molecular complexity index is 857. The van der Waals surface area contributed by atoms with Crippen molar-refractivity contribution in [3.63, 3.8) is 0 Å². The van der Waals surface area contributed by atoms with Gasteiger partial charge in [-0.25, -0.2) is 0 Å². The number of fused-ring (bicyclic) bond motifs is 1. The molecule has 1 saturated heterocycles. The molecule has 0 unspecified atom stereocenters. The van der Waals surface area contributed by atoms with Crippen molar-refractivity contribution in [2.24, 2.45) is 0 Å². The maximum Gasteiger partial charge on any atom is 0.254 e. The van der Waals surface area contributed by atoms with E-state index in [1.165, 1.54) is 0 Å². The maximum atomic E-state index is 12.7. The molecular formula is C17H18N4O2S2. The third-order valence-corrected chi connectivity index (χ3v) is 5.99. The Morgan fingerprint density at radius 2 is 1.96 bits per heavy atom. The lowest BCUT2D eigenvalue weighted by atomic mass is 10.1. The monoisotopic (exact) mass is 374 g/mol. The molecule has 0 aliphatic carbocycles. The summed E-state index contributed by atoms with van der Waals surface area (Å²) < 4.78 is 8.37. The summed E-state index contributed by atoms with van der Waals surface area (Å²) in [4.78, 5) is 17.8. The SMILES string of the molecule is O=C(c1ccc2nsnc2c1)N1CCN(C[C@H](O)c2cccs2)CC1. The zero-order valence-electron chi connectivity index (χ0n) is 13.5. The first-order valence-corrected chi connectivity index (χ1v) is 9.77. The lowest BCUT2D eigenvalue weighted by Crippen LogP contribution is -2.49. The van der Waals surface area contributed by atoms with Crippen LogP contribution in [0.3, 0.4) is 0 Å². The molecule has 1 aromatic carbocycles. The Hall–Kier alpha value is -1.87. The second-order valence-corrected chi connectivity index (χ2v) is 7.60. The lowest BCUT2D eigenvalue weighted by Gasteiger charge is -2.35. The van der Waals surface area contributed by atoms with Gasteiger partial charge in [0.25, 0.3) is 5.91 Å². The predicted octanol–water partition coefficient (Wildman–Crippen LogP) is 2.24. The molecule has 1 atom stereocenters. The third-order valence-electron chi connectivity index (χ3n) is 4.46. The van der Waals surface area contributed by atoms with E-state index < -0.39 is 6.10 Å². The second kappa shape index (κ2) is 7.17. The summed E-state index contributed by atoms with van der Waals surface area (Å²) in [7, 11) is 0. The average molecular weight is 374 g/mol. The van der Waals surface area contributed by atoms with Gasteiger partial charge in [0.05, 0.1) is 11.7 Å². The largest absolute Gasteiger partial charge is 0.386 e. The summed E-state index contributed by atoms with van der Waals surface area (Å²) in [6.07, 6.45) is -0.457. The van der Waals surface area contributed by atoms with E-state index in [-0.39, 0.29) is 5.91 Å². The number of piperazine rings is 1. The summed E-state index contributed by atoms with van der Waals surface area (Å²) in [5, 5.41) is 12.2. The van der Waals surface area contributed by atoms with Crippen LogP contribution in [0.15, 0.2) is 35.7 Å². The number of carbonyl (C=O) groups is 1. The van der Waals surface area contributed by atoms with Crippen molar-refractivity contribution in [1.82, 2.24) is 18.5 Å². The maximum absolute atomic E-state index is 12.7. The molecule has 1 amide bonds. The van der Waals surface area contributed by atoms with Crippen molar-refractivity contribution < 1.29 is 9.90 Å². The number of rotatable bonds is 4. The highest BCUT2D eigenvalue weighted by Crippen LogP contribution is 2.21. The molecule has 1 fully saturated rings. The van der Waals surface area contributed by atoms with Crippen LogP contribution in [0.1, 0.15) is 21.3 Å². The molecule has 1 aliphatic heterocycles. The molecule has 0 bridgehead atoms. The van der Waals surface area contributed by atoms with Crippen molar-refractivity contribution in [1.29, 1.82) is 0 Å². The quantitative estimate of drug-likeness (QED) is 0.758. The van der Waals surface area contributed by atoms with Crippen LogP contribution in [0.5, 0.6) is 0 Å². The first-order valence-electron chi connectivity index (χ1n) is 8.16. The molecule has 0 spiro atoms. The minimum atomic E-state index is -0.457. The van der Waals surface area contributed by atoms with Crippen LogP contribution in [-0.4, -0.2) is 62.3 Å². The van der Waals surface area contributed by atoms with Gasteiger partial charge in [0.15, 0.2) is 0 Å². The molecule has 25 heavy (non-hydrogen) atoms. The van der Waals surface area contributed by atoms with Gasteiger partial charge in [-0.15, -0.1) is 11.3 Å². The van der Waals surface area contributed by atoms with Crippen LogP contribution in [0.2, 0.25) is 0 Å². The predicted molar refractivity (Wildman–Crippen MR) is 99.0 cm³/mol. The van der Waals surface area contributed by atoms with E-state index in [9.17, 15) is 9.90 Å². The Kier molecular flexibility index (Phi) is 4.76. The van der Waals surface area contributed by atoms with Crippen molar-refractivity contribution in [2.75, 3.05) is 32.7 Å². The molecule has 0 saturated carbocycles. The lowest BCUT2D eigenvalue weighted by molar-refractivity contribution is 0.0533. The van der Waals surface area contributed by atoms with Gasteiger partial charge in [0.2, 0.25) is 0 Å². The van der Waals surface area contributed by atoms with Crippen LogP contribution in [0.25, 0.3) is 11.0 Å². The van der Waals surface area contributed by atoms with Crippen LogP contribution in [0, 0.1) is 0 Å². The highest BCUT2D eigenvalue weighted by atomic mass is 32.1. The Morgan fingerprint density at radius 1 is 1.16 bits per heavy atom. The van der Waals surface area contributed by atoms with Gasteiger partial charge >= 0.3 is 0 Å². The fourth-order valence-electron chi connectivity index (χ4n) is 3.05. The number of amides is 1. The smallest absolute Gasteiger partial charge is 0.254 e. The van der Waals surface area contributed by atoms with E-state index in [4.69, 9.17) is 0 Å².